The third-order valence-electron chi connectivity index (χ3n) is 4.14. The second-order valence-electron chi connectivity index (χ2n) is 6.01. The van der Waals surface area contributed by atoms with Crippen LogP contribution < -0.4 is 15.4 Å². The third kappa shape index (κ3) is 4.00. The summed E-state index contributed by atoms with van der Waals surface area (Å²) < 4.78 is 5.34. The van der Waals surface area contributed by atoms with Gasteiger partial charge in [0.2, 0.25) is 0 Å². The fraction of sp³-hybridized carbons (Fsp3) is 0.143. The average molecular weight is 347 g/mol. The highest BCUT2D eigenvalue weighted by Gasteiger charge is 2.10. The summed E-state index contributed by atoms with van der Waals surface area (Å²) in [6.07, 6.45) is 1.60. The molecule has 0 radical (unpaired) electrons. The summed E-state index contributed by atoms with van der Waals surface area (Å²) in [5.74, 6) is 0.474. The number of hydrogen-bond donors (Lipinski definition) is 2. The first-order valence-corrected chi connectivity index (χ1v) is 8.31. The monoisotopic (exact) mass is 347 g/mol. The zero-order chi connectivity index (χ0) is 18.5. The van der Waals surface area contributed by atoms with E-state index in [1.807, 2.05) is 56.3 Å². The van der Waals surface area contributed by atoms with Crippen molar-refractivity contribution in [3.63, 3.8) is 0 Å². The first kappa shape index (κ1) is 17.5. The van der Waals surface area contributed by atoms with E-state index in [9.17, 15) is 4.79 Å². The van der Waals surface area contributed by atoms with E-state index in [1.165, 1.54) is 5.56 Å². The highest BCUT2D eigenvalue weighted by Crippen LogP contribution is 2.27. The van der Waals surface area contributed by atoms with Crippen molar-refractivity contribution in [2.75, 3.05) is 17.7 Å². The predicted octanol–water partition coefficient (Wildman–Crippen LogP) is 4.70. The summed E-state index contributed by atoms with van der Waals surface area (Å²) in [5.41, 5.74) is 4.98. The number of aromatic nitrogens is 1. The highest BCUT2D eigenvalue weighted by molar-refractivity contribution is 6.03. The number of para-hydroxylation sites is 2. The number of ether oxygens (including phenoxy) is 1. The Morgan fingerprint density at radius 1 is 0.962 bits per heavy atom. The van der Waals surface area contributed by atoms with E-state index in [0.717, 1.165) is 28.4 Å². The molecule has 0 spiro atoms. The maximum Gasteiger partial charge on any atom is 0.274 e. The molecule has 0 saturated carbocycles. The maximum atomic E-state index is 12.5. The minimum Gasteiger partial charge on any atom is -0.495 e. The van der Waals surface area contributed by atoms with Gasteiger partial charge in [-0.05, 0) is 61.4 Å². The third-order valence-corrected chi connectivity index (χ3v) is 4.14. The van der Waals surface area contributed by atoms with Gasteiger partial charge in [0, 0.05) is 17.6 Å². The molecule has 3 rings (SSSR count). The van der Waals surface area contributed by atoms with Crippen molar-refractivity contribution in [2.24, 2.45) is 0 Å². The number of nitrogens with one attached hydrogen (secondary N) is 2. The molecule has 0 aliphatic carbocycles. The number of methoxy groups -OCH3 is 1. The van der Waals surface area contributed by atoms with Crippen molar-refractivity contribution >= 4 is 23.0 Å². The van der Waals surface area contributed by atoms with E-state index >= 15 is 0 Å². The average Bonchev–Trinajstić information content (AvgIpc) is 2.65. The molecular weight excluding hydrogens is 326 g/mol. The smallest absolute Gasteiger partial charge is 0.274 e. The SMILES string of the molecule is COc1ccccc1Nc1ccnc(C(=O)Nc2ccc(C)c(C)c2)c1. The van der Waals surface area contributed by atoms with Gasteiger partial charge in [-0.15, -0.1) is 0 Å². The Balaban J connectivity index is 1.78. The Bertz CT molecular complexity index is 938. The second kappa shape index (κ2) is 7.70. The standard InChI is InChI=1S/C21H21N3O2/c1-14-8-9-16(12-15(14)2)24-21(25)19-13-17(10-11-22-19)23-18-6-4-5-7-20(18)26-3/h4-13H,1-3H3,(H,22,23)(H,24,25). The zero-order valence-corrected chi connectivity index (χ0v) is 15.0. The Labute approximate surface area is 153 Å². The maximum absolute atomic E-state index is 12.5. The van der Waals surface area contributed by atoms with Crippen molar-refractivity contribution in [1.29, 1.82) is 0 Å². The van der Waals surface area contributed by atoms with Crippen molar-refractivity contribution < 1.29 is 9.53 Å². The fourth-order valence-corrected chi connectivity index (χ4v) is 2.55. The van der Waals surface area contributed by atoms with Crippen LogP contribution in [-0.2, 0) is 0 Å². The van der Waals surface area contributed by atoms with Crippen LogP contribution in [0.1, 0.15) is 21.6 Å². The highest BCUT2D eigenvalue weighted by atomic mass is 16.5. The number of rotatable bonds is 5. The first-order chi connectivity index (χ1) is 12.6. The molecule has 26 heavy (non-hydrogen) atoms. The molecule has 1 aromatic heterocycles. The van der Waals surface area contributed by atoms with Crippen molar-refractivity contribution in [2.45, 2.75) is 13.8 Å². The lowest BCUT2D eigenvalue weighted by molar-refractivity contribution is 0.102. The molecule has 0 aliphatic rings. The number of carbonyl (C=O) groups excluding carboxylic acids is 1. The van der Waals surface area contributed by atoms with Gasteiger partial charge in [-0.2, -0.15) is 0 Å². The number of aryl methyl sites for hydroxylation is 2. The van der Waals surface area contributed by atoms with Gasteiger partial charge in [-0.25, -0.2) is 0 Å². The van der Waals surface area contributed by atoms with Crippen molar-refractivity contribution in [3.8, 4) is 5.75 Å². The van der Waals surface area contributed by atoms with Crippen LogP contribution in [0.2, 0.25) is 0 Å². The number of anilines is 3. The van der Waals surface area contributed by atoms with E-state index in [2.05, 4.69) is 15.6 Å². The summed E-state index contributed by atoms with van der Waals surface area (Å²) in [5, 5.41) is 6.14. The van der Waals surface area contributed by atoms with E-state index in [4.69, 9.17) is 4.74 Å². The van der Waals surface area contributed by atoms with E-state index in [0.29, 0.717) is 5.69 Å². The molecule has 0 unspecified atom stereocenters. The van der Waals surface area contributed by atoms with Crippen LogP contribution in [0.5, 0.6) is 5.75 Å². The summed E-state index contributed by atoms with van der Waals surface area (Å²) in [7, 11) is 1.62. The number of benzene rings is 2. The van der Waals surface area contributed by atoms with Gasteiger partial charge < -0.3 is 15.4 Å². The summed E-state index contributed by atoms with van der Waals surface area (Å²) >= 11 is 0. The molecule has 5 nitrogen and oxygen atoms in total. The van der Waals surface area contributed by atoms with Gasteiger partial charge >= 0.3 is 0 Å². The van der Waals surface area contributed by atoms with Crippen molar-refractivity contribution in [3.05, 3.63) is 77.6 Å². The van der Waals surface area contributed by atoms with Crippen LogP contribution in [0.15, 0.2) is 60.8 Å². The molecule has 0 aliphatic heterocycles. The molecule has 2 aromatic carbocycles. The van der Waals surface area contributed by atoms with E-state index < -0.39 is 0 Å². The topological polar surface area (TPSA) is 63.2 Å². The van der Waals surface area contributed by atoms with Gasteiger partial charge in [0.25, 0.3) is 5.91 Å². The summed E-state index contributed by atoms with van der Waals surface area (Å²) in [4.78, 5) is 16.7. The minimum atomic E-state index is -0.253. The van der Waals surface area contributed by atoms with E-state index in [-0.39, 0.29) is 5.91 Å². The summed E-state index contributed by atoms with van der Waals surface area (Å²) in [6.45, 7) is 4.05. The van der Waals surface area contributed by atoms with Gasteiger partial charge in [-0.1, -0.05) is 18.2 Å². The number of carbonyl (C=O) groups is 1. The molecule has 1 amide bonds. The lowest BCUT2D eigenvalue weighted by atomic mass is 10.1. The predicted molar refractivity (Wildman–Crippen MR) is 104 cm³/mol. The van der Waals surface area contributed by atoms with Gasteiger partial charge in [0.05, 0.1) is 12.8 Å². The zero-order valence-electron chi connectivity index (χ0n) is 15.0. The van der Waals surface area contributed by atoms with Crippen molar-refractivity contribution in [1.82, 2.24) is 4.98 Å². The van der Waals surface area contributed by atoms with Gasteiger partial charge in [0.1, 0.15) is 11.4 Å². The lowest BCUT2D eigenvalue weighted by Gasteiger charge is -2.12. The largest absolute Gasteiger partial charge is 0.495 e. The molecule has 1 heterocycles. The van der Waals surface area contributed by atoms with E-state index in [1.54, 1.807) is 25.4 Å². The Kier molecular flexibility index (Phi) is 5.17. The molecule has 5 heteroatoms. The number of nitrogens with zero attached hydrogens (tertiary/aromatic N) is 1. The van der Waals surface area contributed by atoms with Crippen LogP contribution >= 0.6 is 0 Å². The Morgan fingerprint density at radius 3 is 2.54 bits per heavy atom. The molecule has 132 valence electrons. The number of amides is 1. The van der Waals surface area contributed by atoms with Crippen LogP contribution in [0.3, 0.4) is 0 Å². The van der Waals surface area contributed by atoms with Gasteiger partial charge in [-0.3, -0.25) is 9.78 Å². The lowest BCUT2D eigenvalue weighted by Crippen LogP contribution is -2.14. The molecule has 0 atom stereocenters. The first-order valence-electron chi connectivity index (χ1n) is 8.31. The van der Waals surface area contributed by atoms with Crippen LogP contribution in [0.25, 0.3) is 0 Å². The minimum absolute atomic E-state index is 0.253. The van der Waals surface area contributed by atoms with Crippen LogP contribution in [0, 0.1) is 13.8 Å². The normalized spacial score (nSPS) is 10.3. The molecule has 0 saturated heterocycles. The Morgan fingerprint density at radius 2 is 1.77 bits per heavy atom. The molecular formula is C21H21N3O2. The molecule has 0 bridgehead atoms. The van der Waals surface area contributed by atoms with Crippen LogP contribution in [0.4, 0.5) is 17.1 Å². The quantitative estimate of drug-likeness (QED) is 0.702. The van der Waals surface area contributed by atoms with Crippen LogP contribution in [-0.4, -0.2) is 18.0 Å². The molecule has 3 aromatic rings. The molecule has 0 fully saturated rings. The van der Waals surface area contributed by atoms with Gasteiger partial charge in [0.15, 0.2) is 0 Å². The number of hydrogen-bond acceptors (Lipinski definition) is 4. The second-order valence-corrected chi connectivity index (χ2v) is 6.01. The number of pyridine rings is 1. The molecule has 2 N–H and O–H groups in total. The summed E-state index contributed by atoms with van der Waals surface area (Å²) in [6, 6.07) is 16.9. The fourth-order valence-electron chi connectivity index (χ4n) is 2.55. The Hall–Kier alpha value is -3.34.